The van der Waals surface area contributed by atoms with Crippen LogP contribution in [0.15, 0.2) is 72.8 Å². The molecular weight excluding hydrogens is 555 g/mol. The first-order valence-corrected chi connectivity index (χ1v) is 22.3. The molecule has 3 aromatic carbocycles. The van der Waals surface area contributed by atoms with Crippen LogP contribution in [0.3, 0.4) is 0 Å². The maximum atomic E-state index is 13.9. The minimum atomic E-state index is -4.57. The third-order valence-electron chi connectivity index (χ3n) is 3.78. The predicted molar refractivity (Wildman–Crippen MR) is 102 cm³/mol. The van der Waals surface area contributed by atoms with E-state index in [4.69, 9.17) is 0 Å². The molecule has 0 radical (unpaired) electrons. The molecule has 0 amide bonds. The second kappa shape index (κ2) is 6.51. The van der Waals surface area contributed by atoms with Gasteiger partial charge in [-0.1, -0.05) is 0 Å². The Bertz CT molecular complexity index is 794. The van der Waals surface area contributed by atoms with Crippen molar-refractivity contribution in [3.05, 3.63) is 90.2 Å². The first-order valence-electron chi connectivity index (χ1n) is 7.04. The molecule has 0 saturated carbocycles. The summed E-state index contributed by atoms with van der Waals surface area (Å²) < 4.78 is 43.7. The van der Waals surface area contributed by atoms with Crippen LogP contribution >= 0.6 is 25.2 Å². The molecule has 3 aromatic rings. The van der Waals surface area contributed by atoms with E-state index in [1.807, 2.05) is 0 Å². The van der Waals surface area contributed by atoms with Crippen LogP contribution in [0.4, 0.5) is 13.2 Å². The fourth-order valence-electron chi connectivity index (χ4n) is 2.61. The summed E-state index contributed by atoms with van der Waals surface area (Å²) in [4.78, 5) is 0. The van der Waals surface area contributed by atoms with Gasteiger partial charge in [-0.05, 0) is 0 Å². The summed E-state index contributed by atoms with van der Waals surface area (Å²) in [5.74, 6) is -1.22. The van der Waals surface area contributed by atoms with Gasteiger partial charge in [0.25, 0.3) is 0 Å². The Morgan fingerprint density at radius 2 is 0.833 bits per heavy atom. The van der Waals surface area contributed by atoms with Gasteiger partial charge in [0.2, 0.25) is 0 Å². The zero-order valence-corrected chi connectivity index (χ0v) is 18.0. The average molecular weight is 567 g/mol. The molecule has 0 nitrogen and oxygen atoms in total. The van der Waals surface area contributed by atoms with E-state index in [1.165, 1.54) is 36.4 Å². The van der Waals surface area contributed by atoms with E-state index in [-0.39, 0.29) is 0 Å². The first kappa shape index (κ1) is 18.0. The molecule has 0 bridgehead atoms. The van der Waals surface area contributed by atoms with Crippen molar-refractivity contribution in [2.45, 2.75) is 0 Å². The standard InChI is InChI=1S/3C6H4F.2BrH.Sb/c3*7-6-4-2-1-3-5-6;;;/h3*1-2,4-5H;2*1H;/q;;;;;+2/p-2. The molecule has 124 valence electrons. The van der Waals surface area contributed by atoms with Gasteiger partial charge in [-0.2, -0.15) is 0 Å². The quantitative estimate of drug-likeness (QED) is 0.415. The Balaban J connectivity index is 2.41. The zero-order valence-electron chi connectivity index (χ0n) is 12.3. The van der Waals surface area contributed by atoms with Crippen molar-refractivity contribution in [2.75, 3.05) is 0 Å². The van der Waals surface area contributed by atoms with E-state index in [0.717, 1.165) is 0 Å². The Kier molecular flexibility index (Phi) is 4.89. The van der Waals surface area contributed by atoms with E-state index < -0.39 is 30.3 Å². The minimum absolute atomic E-state index is 0.405. The van der Waals surface area contributed by atoms with Crippen LogP contribution in [0.2, 0.25) is 0 Å². The molecule has 0 atom stereocenters. The van der Waals surface area contributed by atoms with Gasteiger partial charge in [-0.3, -0.25) is 0 Å². The van der Waals surface area contributed by atoms with E-state index in [0.29, 0.717) is 10.5 Å². The Hall–Kier alpha value is -0.772. The van der Waals surface area contributed by atoms with Crippen LogP contribution in [-0.4, -0.2) is 12.9 Å². The molecule has 3 rings (SSSR count). The second-order valence-corrected chi connectivity index (χ2v) is 40.4. The Morgan fingerprint density at radius 1 is 0.542 bits per heavy atom. The molecule has 0 aromatic heterocycles. The van der Waals surface area contributed by atoms with Gasteiger partial charge in [-0.25, -0.2) is 0 Å². The average Bonchev–Trinajstić information content (AvgIpc) is 2.55. The summed E-state index contributed by atoms with van der Waals surface area (Å²) in [6.45, 7) is 0. The van der Waals surface area contributed by atoms with Gasteiger partial charge in [0.1, 0.15) is 0 Å². The third kappa shape index (κ3) is 3.07. The molecule has 6 heteroatoms. The molecular formula is C18H12Br2F3Sb. The van der Waals surface area contributed by atoms with Crippen molar-refractivity contribution in [1.82, 2.24) is 0 Å². The fraction of sp³-hybridized carbons (Fsp3) is 0. The van der Waals surface area contributed by atoms with Gasteiger partial charge in [0, 0.05) is 0 Å². The van der Waals surface area contributed by atoms with Crippen molar-refractivity contribution in [3.63, 3.8) is 0 Å². The maximum absolute atomic E-state index is 13.9. The number of rotatable bonds is 3. The second-order valence-electron chi connectivity index (χ2n) is 5.35. The van der Waals surface area contributed by atoms with Crippen molar-refractivity contribution in [2.24, 2.45) is 0 Å². The third-order valence-corrected chi connectivity index (χ3v) is 30.4. The van der Waals surface area contributed by atoms with E-state index in [1.54, 1.807) is 36.4 Å². The molecule has 0 aliphatic heterocycles. The number of halogens is 5. The fourth-order valence-corrected chi connectivity index (χ4v) is 20.0. The van der Waals surface area contributed by atoms with E-state index in [9.17, 15) is 13.2 Å². The topological polar surface area (TPSA) is 0 Å². The summed E-state index contributed by atoms with van der Waals surface area (Å²) in [7, 11) is 0. The molecule has 0 saturated heterocycles. The molecule has 0 aliphatic carbocycles. The summed E-state index contributed by atoms with van der Waals surface area (Å²) in [5, 5.41) is 0. The van der Waals surface area contributed by atoms with Crippen molar-refractivity contribution < 1.29 is 13.2 Å². The molecule has 0 aliphatic rings. The van der Waals surface area contributed by atoms with Gasteiger partial charge < -0.3 is 0 Å². The molecule has 0 N–H and O–H groups in total. The molecule has 0 unspecified atom stereocenters. The van der Waals surface area contributed by atoms with Gasteiger partial charge in [0.05, 0.1) is 0 Å². The van der Waals surface area contributed by atoms with Crippen LogP contribution in [0.1, 0.15) is 0 Å². The van der Waals surface area contributed by atoms with Crippen molar-refractivity contribution in [3.8, 4) is 0 Å². The molecule has 0 spiro atoms. The number of hydrogen-bond donors (Lipinski definition) is 0. The number of benzene rings is 3. The van der Waals surface area contributed by atoms with Gasteiger partial charge >= 0.3 is 152 Å². The SMILES string of the molecule is Fc1ccc[c]([Sb]([Br])([Br])([c]2cccc(F)c2)[c]2cccc(F)c2)c1. The van der Waals surface area contributed by atoms with Crippen LogP contribution in [0.5, 0.6) is 0 Å². The number of hydrogen-bond acceptors (Lipinski definition) is 0. The van der Waals surface area contributed by atoms with Gasteiger partial charge in [-0.15, -0.1) is 0 Å². The normalized spacial score (nSPS) is 13.3. The van der Waals surface area contributed by atoms with Crippen LogP contribution < -0.4 is 10.5 Å². The monoisotopic (exact) mass is 564 g/mol. The molecule has 0 fully saturated rings. The summed E-state index contributed by atoms with van der Waals surface area (Å²) >= 11 is 3.10. The first-order chi connectivity index (χ1) is 11.3. The van der Waals surface area contributed by atoms with Crippen LogP contribution in [-0.2, 0) is 0 Å². The Morgan fingerprint density at radius 3 is 1.08 bits per heavy atom. The summed E-state index contributed by atoms with van der Waals surface area (Å²) in [5.41, 5.74) is 0. The van der Waals surface area contributed by atoms with Gasteiger partial charge in [0.15, 0.2) is 0 Å². The van der Waals surface area contributed by atoms with Crippen LogP contribution in [0, 0.1) is 17.5 Å². The molecule has 24 heavy (non-hydrogen) atoms. The molecule has 0 heterocycles. The van der Waals surface area contributed by atoms with E-state index >= 15 is 0 Å². The summed E-state index contributed by atoms with van der Waals surface area (Å²) in [6.07, 6.45) is 0. The van der Waals surface area contributed by atoms with Crippen LogP contribution in [0.25, 0.3) is 0 Å². The van der Waals surface area contributed by atoms with Crippen molar-refractivity contribution in [1.29, 1.82) is 0 Å². The zero-order chi connectivity index (χ0) is 17.4. The summed E-state index contributed by atoms with van der Waals surface area (Å²) in [6, 6.07) is 18.3. The Labute approximate surface area is 151 Å². The predicted octanol–water partition coefficient (Wildman–Crippen LogP) is 4.31. The van der Waals surface area contributed by atoms with Crippen molar-refractivity contribution >= 4 is 48.6 Å². The van der Waals surface area contributed by atoms with E-state index in [2.05, 4.69) is 25.2 Å².